The first-order valence-corrected chi connectivity index (χ1v) is 7.02. The number of phosphoric acid groups is 1. The highest BCUT2D eigenvalue weighted by atomic mass is 31.2. The van der Waals surface area contributed by atoms with Gasteiger partial charge in [0.25, 0.3) is 0 Å². The van der Waals surface area contributed by atoms with Crippen LogP contribution in [0.1, 0.15) is 0 Å². The molecule has 0 aromatic rings. The monoisotopic (exact) mass is 314 g/mol. The molecule has 0 spiro atoms. The molecule has 11 heteroatoms. The lowest BCUT2D eigenvalue weighted by Crippen LogP contribution is -2.56. The molecule has 0 aliphatic carbocycles. The largest absolute Gasteiger partial charge is 0.470 e. The van der Waals surface area contributed by atoms with Crippen molar-refractivity contribution in [3.8, 4) is 0 Å². The summed E-state index contributed by atoms with van der Waals surface area (Å²) in [6.45, 7) is 2.46. The molecule has 0 aliphatic heterocycles. The smallest absolute Gasteiger partial charge is 0.394 e. The molecule has 20 heavy (non-hydrogen) atoms. The topological polar surface area (TPSA) is 183 Å². The van der Waals surface area contributed by atoms with E-state index in [9.17, 15) is 19.6 Å². The van der Waals surface area contributed by atoms with Crippen LogP contribution < -0.4 is 11.1 Å². The predicted octanol–water partition coefficient (Wildman–Crippen LogP) is -3.19. The number of carbonyl (C=O) groups excluding carboxylic acids is 1. The fourth-order valence-electron chi connectivity index (χ4n) is 1.27. The Morgan fingerprint density at radius 3 is 2.40 bits per heavy atom. The fraction of sp³-hybridized carbons (Fsp3) is 0.667. The van der Waals surface area contributed by atoms with Crippen LogP contribution in [0.4, 0.5) is 0 Å². The zero-order valence-electron chi connectivity index (χ0n) is 10.5. The molecule has 0 radical (unpaired) electrons. The Labute approximate surface area is 115 Å². The van der Waals surface area contributed by atoms with Gasteiger partial charge in [-0.3, -0.25) is 9.32 Å². The van der Waals surface area contributed by atoms with Crippen LogP contribution >= 0.6 is 7.82 Å². The molecule has 1 amide bonds. The molecular formula is C9H19N2O8P. The van der Waals surface area contributed by atoms with Gasteiger partial charge in [0.15, 0.2) is 0 Å². The van der Waals surface area contributed by atoms with Crippen molar-refractivity contribution in [2.75, 3.05) is 13.2 Å². The Kier molecular flexibility index (Phi) is 8.09. The van der Waals surface area contributed by atoms with Crippen molar-refractivity contribution >= 4 is 13.7 Å². The van der Waals surface area contributed by atoms with Gasteiger partial charge in [0.05, 0.1) is 6.61 Å². The SMILES string of the molecule is C=CCNC(=O)[C@H](N)[C@@H](OP(=O)(O)O)[C@H](O)[C@H](O)CO. The minimum atomic E-state index is -5.08. The van der Waals surface area contributed by atoms with Crippen molar-refractivity contribution in [2.45, 2.75) is 24.4 Å². The standard InChI is InChI=1S/C9H19N2O8P/c1-2-3-11-9(15)6(10)8(19-20(16,17)18)7(14)5(13)4-12/h2,5-8,12-14H,1,3-4,10H2,(H,11,15)(H2,16,17,18)/t5-,6-,7-,8-/m1/s1. The number of amides is 1. The number of nitrogens with one attached hydrogen (secondary N) is 1. The summed E-state index contributed by atoms with van der Waals surface area (Å²) in [4.78, 5) is 29.0. The molecule has 0 heterocycles. The minimum Gasteiger partial charge on any atom is -0.394 e. The van der Waals surface area contributed by atoms with Gasteiger partial charge in [-0.2, -0.15) is 0 Å². The summed E-state index contributed by atoms with van der Waals surface area (Å²) in [6, 6.07) is -1.68. The van der Waals surface area contributed by atoms with Gasteiger partial charge in [0.1, 0.15) is 24.4 Å². The van der Waals surface area contributed by atoms with Gasteiger partial charge < -0.3 is 36.2 Å². The number of hydrogen-bond donors (Lipinski definition) is 7. The van der Waals surface area contributed by atoms with Crippen LogP contribution in [0.5, 0.6) is 0 Å². The van der Waals surface area contributed by atoms with Crippen LogP contribution in [0, 0.1) is 0 Å². The predicted molar refractivity (Wildman–Crippen MR) is 67.2 cm³/mol. The van der Waals surface area contributed by atoms with Gasteiger partial charge in [0, 0.05) is 6.54 Å². The van der Waals surface area contributed by atoms with E-state index in [4.69, 9.17) is 20.6 Å². The Hall–Kier alpha value is -0.840. The number of hydrogen-bond acceptors (Lipinski definition) is 7. The molecule has 10 nitrogen and oxygen atoms in total. The van der Waals surface area contributed by atoms with Crippen LogP contribution in [0.2, 0.25) is 0 Å². The normalized spacial score (nSPS) is 17.9. The highest BCUT2D eigenvalue weighted by Crippen LogP contribution is 2.39. The lowest BCUT2D eigenvalue weighted by Gasteiger charge is -2.29. The van der Waals surface area contributed by atoms with Crippen molar-refractivity contribution in [3.05, 3.63) is 12.7 Å². The zero-order chi connectivity index (χ0) is 15.9. The molecule has 0 rings (SSSR count). The van der Waals surface area contributed by atoms with Gasteiger partial charge in [-0.1, -0.05) is 6.08 Å². The number of aliphatic hydroxyl groups excluding tert-OH is 3. The second-order valence-corrected chi connectivity index (χ2v) is 5.05. The maximum Gasteiger partial charge on any atom is 0.470 e. The molecule has 118 valence electrons. The quantitative estimate of drug-likeness (QED) is 0.170. The van der Waals surface area contributed by atoms with Gasteiger partial charge in [-0.15, -0.1) is 6.58 Å². The van der Waals surface area contributed by atoms with Gasteiger partial charge in [-0.25, -0.2) is 4.57 Å². The van der Waals surface area contributed by atoms with Crippen molar-refractivity contribution in [1.29, 1.82) is 0 Å². The summed E-state index contributed by atoms with van der Waals surface area (Å²) in [5, 5.41) is 29.8. The number of nitrogens with two attached hydrogens (primary N) is 1. The van der Waals surface area contributed by atoms with Crippen LogP contribution in [0.3, 0.4) is 0 Å². The maximum atomic E-state index is 11.6. The Morgan fingerprint density at radius 2 is 2.00 bits per heavy atom. The number of phosphoric ester groups is 1. The summed E-state index contributed by atoms with van der Waals surface area (Å²) in [7, 11) is -5.08. The molecule has 0 saturated carbocycles. The average Bonchev–Trinajstić information content (AvgIpc) is 2.38. The van der Waals surface area contributed by atoms with Crippen LogP contribution in [-0.2, 0) is 13.9 Å². The third kappa shape index (κ3) is 6.55. The van der Waals surface area contributed by atoms with E-state index < -0.39 is 44.7 Å². The molecule has 0 fully saturated rings. The highest BCUT2D eigenvalue weighted by molar-refractivity contribution is 7.46. The number of carbonyl (C=O) groups is 1. The lowest BCUT2D eigenvalue weighted by atomic mass is 10.0. The Balaban J connectivity index is 5.04. The molecule has 8 N–H and O–H groups in total. The Bertz CT molecular complexity index is 373. The molecule has 0 unspecified atom stereocenters. The fourth-order valence-corrected chi connectivity index (χ4v) is 1.84. The van der Waals surface area contributed by atoms with Crippen LogP contribution in [-0.4, -0.2) is 68.5 Å². The molecule has 0 aromatic heterocycles. The molecule has 0 aliphatic rings. The summed E-state index contributed by atoms with van der Waals surface area (Å²) in [5.41, 5.74) is 5.44. The number of aliphatic hydroxyl groups is 3. The second kappa shape index (κ2) is 8.45. The van der Waals surface area contributed by atoms with E-state index in [0.29, 0.717) is 0 Å². The Morgan fingerprint density at radius 1 is 1.45 bits per heavy atom. The molecular weight excluding hydrogens is 295 g/mol. The van der Waals surface area contributed by atoms with E-state index in [1.807, 2.05) is 0 Å². The van der Waals surface area contributed by atoms with Crippen molar-refractivity contribution in [2.24, 2.45) is 5.73 Å². The van der Waals surface area contributed by atoms with Gasteiger partial charge in [-0.05, 0) is 0 Å². The third-order valence-electron chi connectivity index (χ3n) is 2.25. The molecule has 0 aromatic carbocycles. The van der Waals surface area contributed by atoms with Gasteiger partial charge >= 0.3 is 7.82 Å². The first kappa shape index (κ1) is 19.2. The van der Waals surface area contributed by atoms with Crippen LogP contribution in [0.15, 0.2) is 12.7 Å². The summed E-state index contributed by atoms with van der Waals surface area (Å²) < 4.78 is 15.0. The first-order chi connectivity index (χ1) is 9.14. The second-order valence-electron chi connectivity index (χ2n) is 3.86. The summed E-state index contributed by atoms with van der Waals surface area (Å²) >= 11 is 0. The molecule has 0 bridgehead atoms. The average molecular weight is 314 g/mol. The summed E-state index contributed by atoms with van der Waals surface area (Å²) in [5.74, 6) is -0.882. The van der Waals surface area contributed by atoms with Crippen molar-refractivity contribution in [1.82, 2.24) is 5.32 Å². The van der Waals surface area contributed by atoms with Crippen molar-refractivity contribution in [3.63, 3.8) is 0 Å². The first-order valence-electron chi connectivity index (χ1n) is 5.49. The maximum absolute atomic E-state index is 11.6. The van der Waals surface area contributed by atoms with E-state index in [-0.39, 0.29) is 6.54 Å². The van der Waals surface area contributed by atoms with E-state index in [0.717, 1.165) is 0 Å². The van der Waals surface area contributed by atoms with E-state index >= 15 is 0 Å². The molecule has 4 atom stereocenters. The van der Waals surface area contributed by atoms with Gasteiger partial charge in [0.2, 0.25) is 5.91 Å². The third-order valence-corrected chi connectivity index (χ3v) is 2.77. The van der Waals surface area contributed by atoms with E-state index in [1.165, 1.54) is 6.08 Å². The number of rotatable bonds is 9. The minimum absolute atomic E-state index is 0.0355. The lowest BCUT2D eigenvalue weighted by molar-refractivity contribution is -0.130. The highest BCUT2D eigenvalue weighted by Gasteiger charge is 2.39. The van der Waals surface area contributed by atoms with Crippen LogP contribution in [0.25, 0.3) is 0 Å². The van der Waals surface area contributed by atoms with E-state index in [1.54, 1.807) is 0 Å². The van der Waals surface area contributed by atoms with E-state index in [2.05, 4.69) is 16.4 Å². The zero-order valence-corrected chi connectivity index (χ0v) is 11.4. The van der Waals surface area contributed by atoms with Crippen molar-refractivity contribution < 1.29 is 39.0 Å². The molecule has 0 saturated heterocycles. The summed E-state index contributed by atoms with van der Waals surface area (Å²) in [6.07, 6.45) is -4.34.